The molecular weight excluding hydrogens is 349 g/mol. The van der Waals surface area contributed by atoms with Crippen molar-refractivity contribution in [2.24, 2.45) is 0 Å². The van der Waals surface area contributed by atoms with E-state index in [1.54, 1.807) is 36.4 Å². The predicted octanol–water partition coefficient (Wildman–Crippen LogP) is 4.20. The van der Waals surface area contributed by atoms with Crippen molar-refractivity contribution in [3.63, 3.8) is 0 Å². The van der Waals surface area contributed by atoms with E-state index in [4.69, 9.17) is 11.6 Å². The molecule has 0 aromatic heterocycles. The molecule has 0 bridgehead atoms. The summed E-state index contributed by atoms with van der Waals surface area (Å²) in [5.41, 5.74) is 1.37. The first-order valence-electron chi connectivity index (χ1n) is 4.97. The Bertz CT molecular complexity index is 522. The summed E-state index contributed by atoms with van der Waals surface area (Å²) in [5, 5.41) is 3.46. The van der Waals surface area contributed by atoms with Gasteiger partial charge >= 0.3 is 0 Å². The minimum atomic E-state index is -0.122. The maximum absolute atomic E-state index is 11.9. The van der Waals surface area contributed by atoms with Crippen molar-refractivity contribution >= 4 is 45.8 Å². The smallest absolute Gasteiger partial charge is 0.255 e. The summed E-state index contributed by atoms with van der Waals surface area (Å²) in [5.74, 6) is -0.122. The van der Waals surface area contributed by atoms with Crippen LogP contribution in [0.2, 0.25) is 5.02 Å². The highest BCUT2D eigenvalue weighted by Gasteiger charge is 2.05. The Morgan fingerprint density at radius 1 is 1.00 bits per heavy atom. The lowest BCUT2D eigenvalue weighted by Crippen LogP contribution is -2.11. The van der Waals surface area contributed by atoms with Gasteiger partial charge in [0.2, 0.25) is 0 Å². The molecule has 4 heteroatoms. The SMILES string of the molecule is O=C(Nc1ccc(Cl)cc1)c1ccc(I)cc1. The average molecular weight is 358 g/mol. The first-order valence-corrected chi connectivity index (χ1v) is 6.43. The fourth-order valence-electron chi connectivity index (χ4n) is 1.34. The molecule has 1 N–H and O–H groups in total. The van der Waals surface area contributed by atoms with Crippen LogP contribution in [0.5, 0.6) is 0 Å². The van der Waals surface area contributed by atoms with Crippen molar-refractivity contribution in [1.82, 2.24) is 0 Å². The van der Waals surface area contributed by atoms with Crippen molar-refractivity contribution < 1.29 is 4.79 Å². The third-order valence-corrected chi connectivity index (χ3v) is 3.18. The number of nitrogens with one attached hydrogen (secondary N) is 1. The number of amides is 1. The Hall–Kier alpha value is -1.07. The maximum Gasteiger partial charge on any atom is 0.255 e. The molecule has 0 spiro atoms. The van der Waals surface area contributed by atoms with Crippen molar-refractivity contribution in [3.05, 3.63) is 62.7 Å². The van der Waals surface area contributed by atoms with Gasteiger partial charge in [-0.15, -0.1) is 0 Å². The summed E-state index contributed by atoms with van der Waals surface area (Å²) in [4.78, 5) is 11.9. The number of carbonyl (C=O) groups is 1. The molecular formula is C13H9ClINO. The van der Waals surface area contributed by atoms with Gasteiger partial charge in [0.05, 0.1) is 0 Å². The number of carbonyl (C=O) groups excluding carboxylic acids is 1. The molecule has 0 fully saturated rings. The monoisotopic (exact) mass is 357 g/mol. The topological polar surface area (TPSA) is 29.1 Å². The molecule has 0 unspecified atom stereocenters. The second-order valence-electron chi connectivity index (χ2n) is 3.47. The molecule has 2 nitrogen and oxygen atoms in total. The van der Waals surface area contributed by atoms with Crippen molar-refractivity contribution in [3.8, 4) is 0 Å². The Morgan fingerprint density at radius 2 is 1.59 bits per heavy atom. The van der Waals surface area contributed by atoms with E-state index in [1.807, 2.05) is 12.1 Å². The highest BCUT2D eigenvalue weighted by molar-refractivity contribution is 14.1. The predicted molar refractivity (Wildman–Crippen MR) is 78.6 cm³/mol. The first-order chi connectivity index (χ1) is 8.15. The van der Waals surface area contributed by atoms with Crippen LogP contribution in [0.15, 0.2) is 48.5 Å². The summed E-state index contributed by atoms with van der Waals surface area (Å²) >= 11 is 7.97. The van der Waals surface area contributed by atoms with Gasteiger partial charge < -0.3 is 5.32 Å². The minimum Gasteiger partial charge on any atom is -0.322 e. The second kappa shape index (κ2) is 5.51. The van der Waals surface area contributed by atoms with Gasteiger partial charge in [0, 0.05) is 19.8 Å². The largest absolute Gasteiger partial charge is 0.322 e. The normalized spacial score (nSPS) is 10.0. The Morgan fingerprint density at radius 3 is 2.18 bits per heavy atom. The zero-order valence-corrected chi connectivity index (χ0v) is 11.7. The molecule has 17 heavy (non-hydrogen) atoms. The van der Waals surface area contributed by atoms with Crippen molar-refractivity contribution in [2.45, 2.75) is 0 Å². The lowest BCUT2D eigenvalue weighted by molar-refractivity contribution is 0.102. The van der Waals surface area contributed by atoms with E-state index < -0.39 is 0 Å². The third kappa shape index (κ3) is 3.44. The van der Waals surface area contributed by atoms with Crippen LogP contribution in [0.4, 0.5) is 5.69 Å². The van der Waals surface area contributed by atoms with Crippen molar-refractivity contribution in [2.75, 3.05) is 5.32 Å². The van der Waals surface area contributed by atoms with E-state index in [2.05, 4.69) is 27.9 Å². The standard InChI is InChI=1S/C13H9ClINO/c14-10-3-7-12(8-4-10)16-13(17)9-1-5-11(15)6-2-9/h1-8H,(H,16,17). The molecule has 86 valence electrons. The number of hydrogen-bond donors (Lipinski definition) is 1. The summed E-state index contributed by atoms with van der Waals surface area (Å²) in [6.45, 7) is 0. The number of rotatable bonds is 2. The van der Waals surface area contributed by atoms with Gasteiger partial charge in [0.25, 0.3) is 5.91 Å². The zero-order chi connectivity index (χ0) is 12.3. The van der Waals surface area contributed by atoms with Gasteiger partial charge in [-0.25, -0.2) is 0 Å². The van der Waals surface area contributed by atoms with Crippen LogP contribution in [-0.4, -0.2) is 5.91 Å². The van der Waals surface area contributed by atoms with E-state index in [-0.39, 0.29) is 5.91 Å². The van der Waals surface area contributed by atoms with Gasteiger partial charge in [-0.05, 0) is 71.1 Å². The van der Waals surface area contributed by atoms with E-state index >= 15 is 0 Å². The van der Waals surface area contributed by atoms with Gasteiger partial charge in [-0.2, -0.15) is 0 Å². The fraction of sp³-hybridized carbons (Fsp3) is 0. The molecule has 0 saturated heterocycles. The second-order valence-corrected chi connectivity index (χ2v) is 5.15. The van der Waals surface area contributed by atoms with E-state index in [0.717, 1.165) is 9.26 Å². The molecule has 0 aliphatic carbocycles. The van der Waals surface area contributed by atoms with Gasteiger partial charge in [0.1, 0.15) is 0 Å². The molecule has 0 aliphatic rings. The van der Waals surface area contributed by atoms with Crippen LogP contribution in [0, 0.1) is 3.57 Å². The van der Waals surface area contributed by atoms with E-state index in [1.165, 1.54) is 0 Å². The minimum absolute atomic E-state index is 0.122. The molecule has 0 heterocycles. The van der Waals surface area contributed by atoms with Gasteiger partial charge in [-0.3, -0.25) is 4.79 Å². The van der Waals surface area contributed by atoms with Crippen LogP contribution in [0.25, 0.3) is 0 Å². The maximum atomic E-state index is 11.9. The fourth-order valence-corrected chi connectivity index (χ4v) is 1.82. The third-order valence-electron chi connectivity index (χ3n) is 2.21. The first kappa shape index (κ1) is 12.4. The van der Waals surface area contributed by atoms with Gasteiger partial charge in [0.15, 0.2) is 0 Å². The van der Waals surface area contributed by atoms with Crippen LogP contribution >= 0.6 is 34.2 Å². The lowest BCUT2D eigenvalue weighted by atomic mass is 10.2. The Balaban J connectivity index is 2.11. The van der Waals surface area contributed by atoms with E-state index in [0.29, 0.717) is 10.6 Å². The summed E-state index contributed by atoms with van der Waals surface area (Å²) in [7, 11) is 0. The molecule has 2 aromatic rings. The number of hydrogen-bond acceptors (Lipinski definition) is 1. The molecule has 0 radical (unpaired) electrons. The highest BCUT2D eigenvalue weighted by Crippen LogP contribution is 2.15. The molecule has 0 saturated carbocycles. The average Bonchev–Trinajstić information content (AvgIpc) is 2.33. The molecule has 0 atom stereocenters. The summed E-state index contributed by atoms with van der Waals surface area (Å²) in [6, 6.07) is 14.4. The van der Waals surface area contributed by atoms with Crippen LogP contribution in [-0.2, 0) is 0 Å². The highest BCUT2D eigenvalue weighted by atomic mass is 127. The molecule has 2 aromatic carbocycles. The molecule has 0 aliphatic heterocycles. The lowest BCUT2D eigenvalue weighted by Gasteiger charge is -2.05. The Labute approximate surface area is 118 Å². The van der Waals surface area contributed by atoms with Crippen LogP contribution in [0.1, 0.15) is 10.4 Å². The molecule has 1 amide bonds. The van der Waals surface area contributed by atoms with Gasteiger partial charge in [-0.1, -0.05) is 11.6 Å². The van der Waals surface area contributed by atoms with Crippen LogP contribution in [0.3, 0.4) is 0 Å². The summed E-state index contributed by atoms with van der Waals surface area (Å²) < 4.78 is 1.10. The Kier molecular flexibility index (Phi) is 4.02. The number of anilines is 1. The zero-order valence-electron chi connectivity index (χ0n) is 8.78. The molecule has 2 rings (SSSR count). The number of halogens is 2. The van der Waals surface area contributed by atoms with E-state index in [9.17, 15) is 4.79 Å². The van der Waals surface area contributed by atoms with Crippen LogP contribution < -0.4 is 5.32 Å². The quantitative estimate of drug-likeness (QED) is 0.802. The number of benzene rings is 2. The summed E-state index contributed by atoms with van der Waals surface area (Å²) in [6.07, 6.45) is 0. The van der Waals surface area contributed by atoms with Crippen molar-refractivity contribution in [1.29, 1.82) is 0 Å².